The Kier molecular flexibility index (Phi) is 6.16. The molecule has 6 nitrogen and oxygen atoms in total. The minimum atomic E-state index is -0.224. The number of carbonyl (C=O) groups is 1. The van der Waals surface area contributed by atoms with Crippen LogP contribution in [0.5, 0.6) is 0 Å². The van der Waals surface area contributed by atoms with Gasteiger partial charge in [-0.2, -0.15) is 0 Å². The van der Waals surface area contributed by atoms with Gasteiger partial charge in [-0.15, -0.1) is 0 Å². The lowest BCUT2D eigenvalue weighted by atomic mass is 10.1. The number of hydrogen-bond acceptors (Lipinski definition) is 3. The van der Waals surface area contributed by atoms with E-state index >= 15 is 0 Å². The molecule has 0 saturated carbocycles. The van der Waals surface area contributed by atoms with Gasteiger partial charge in [0.15, 0.2) is 0 Å². The van der Waals surface area contributed by atoms with Gasteiger partial charge in [0.1, 0.15) is 0 Å². The number of hydrogen-bond donors (Lipinski definition) is 2. The fourth-order valence-corrected chi connectivity index (χ4v) is 3.89. The molecule has 1 saturated heterocycles. The third-order valence-corrected chi connectivity index (χ3v) is 5.21. The van der Waals surface area contributed by atoms with E-state index in [9.17, 15) is 9.59 Å². The standard InChI is InChI=1S/C21H30N4O2/c1-4-24-11-7-8-16(24)12-22-21(27)23-19-14-25(13-15(2)3)20(26)18-10-6-5-9-17(18)19/h5-6,9-10,14-16H,4,7-8,11-13H2,1-3H3,(H2,22,23,27). The van der Waals surface area contributed by atoms with Crippen molar-refractivity contribution in [3.05, 3.63) is 40.8 Å². The molecule has 1 fully saturated rings. The molecule has 2 amide bonds. The van der Waals surface area contributed by atoms with Crippen LogP contribution in [0.25, 0.3) is 10.8 Å². The molecule has 0 spiro atoms. The summed E-state index contributed by atoms with van der Waals surface area (Å²) in [6.07, 6.45) is 4.07. The van der Waals surface area contributed by atoms with Crippen molar-refractivity contribution < 1.29 is 4.79 Å². The second-order valence-electron chi connectivity index (χ2n) is 7.70. The Labute approximate surface area is 160 Å². The molecule has 1 unspecified atom stereocenters. The number of fused-ring (bicyclic) bond motifs is 1. The molecular weight excluding hydrogens is 340 g/mol. The molecule has 1 aliphatic heterocycles. The minimum Gasteiger partial charge on any atom is -0.336 e. The van der Waals surface area contributed by atoms with Crippen LogP contribution in [0.1, 0.15) is 33.6 Å². The number of amides is 2. The van der Waals surface area contributed by atoms with Gasteiger partial charge in [-0.25, -0.2) is 4.79 Å². The maximum atomic E-state index is 12.7. The van der Waals surface area contributed by atoms with Crippen molar-refractivity contribution in [2.45, 2.75) is 46.2 Å². The largest absolute Gasteiger partial charge is 0.336 e. The molecule has 1 atom stereocenters. The van der Waals surface area contributed by atoms with Gasteiger partial charge in [0.2, 0.25) is 0 Å². The molecule has 1 aromatic heterocycles. The highest BCUT2D eigenvalue weighted by Crippen LogP contribution is 2.21. The topological polar surface area (TPSA) is 66.4 Å². The van der Waals surface area contributed by atoms with Crippen LogP contribution < -0.4 is 16.2 Å². The van der Waals surface area contributed by atoms with Gasteiger partial charge >= 0.3 is 6.03 Å². The number of anilines is 1. The monoisotopic (exact) mass is 370 g/mol. The summed E-state index contributed by atoms with van der Waals surface area (Å²) in [6.45, 7) is 9.68. The number of aromatic nitrogens is 1. The molecule has 3 rings (SSSR count). The number of nitrogens with one attached hydrogen (secondary N) is 2. The van der Waals surface area contributed by atoms with Crippen LogP contribution in [0.4, 0.5) is 10.5 Å². The van der Waals surface area contributed by atoms with Gasteiger partial charge < -0.3 is 15.2 Å². The van der Waals surface area contributed by atoms with Gasteiger partial charge in [-0.1, -0.05) is 39.0 Å². The van der Waals surface area contributed by atoms with Crippen LogP contribution in [0.3, 0.4) is 0 Å². The first-order chi connectivity index (χ1) is 13.0. The van der Waals surface area contributed by atoms with Gasteiger partial charge in [0.25, 0.3) is 5.56 Å². The number of nitrogens with zero attached hydrogens (tertiary/aromatic N) is 2. The SMILES string of the molecule is CCN1CCCC1CNC(=O)Nc1cn(CC(C)C)c(=O)c2ccccc12. The molecule has 6 heteroatoms. The van der Waals surface area contributed by atoms with E-state index in [0.29, 0.717) is 36.1 Å². The van der Waals surface area contributed by atoms with Crippen LogP contribution in [0, 0.1) is 5.92 Å². The van der Waals surface area contributed by atoms with Crippen LogP contribution in [0.2, 0.25) is 0 Å². The summed E-state index contributed by atoms with van der Waals surface area (Å²) in [7, 11) is 0. The predicted octanol–water partition coefficient (Wildman–Crippen LogP) is 3.26. The summed E-state index contributed by atoms with van der Waals surface area (Å²) < 4.78 is 1.69. The van der Waals surface area contributed by atoms with Gasteiger partial charge in [-0.3, -0.25) is 9.69 Å². The average molecular weight is 370 g/mol. The van der Waals surface area contributed by atoms with E-state index in [1.54, 1.807) is 10.8 Å². The Bertz CT molecular complexity index is 859. The van der Waals surface area contributed by atoms with Crippen molar-refractivity contribution in [3.8, 4) is 0 Å². The van der Waals surface area contributed by atoms with Crippen LogP contribution in [0.15, 0.2) is 35.3 Å². The summed E-state index contributed by atoms with van der Waals surface area (Å²) in [5, 5.41) is 7.35. The van der Waals surface area contributed by atoms with E-state index in [1.807, 2.05) is 24.3 Å². The fraction of sp³-hybridized carbons (Fsp3) is 0.524. The summed E-state index contributed by atoms with van der Waals surface area (Å²) in [5.74, 6) is 0.341. The number of urea groups is 1. The quantitative estimate of drug-likeness (QED) is 0.820. The van der Waals surface area contributed by atoms with Crippen molar-refractivity contribution in [2.75, 3.05) is 25.0 Å². The number of benzene rings is 1. The van der Waals surface area contributed by atoms with Gasteiger partial charge in [-0.05, 0) is 37.9 Å². The summed E-state index contributed by atoms with van der Waals surface area (Å²) in [4.78, 5) is 27.6. The van der Waals surface area contributed by atoms with Crippen molar-refractivity contribution >= 4 is 22.5 Å². The fourth-order valence-electron chi connectivity index (χ4n) is 3.89. The average Bonchev–Trinajstić information content (AvgIpc) is 3.11. The van der Waals surface area contributed by atoms with Crippen LogP contribution in [-0.4, -0.2) is 41.2 Å². The molecule has 27 heavy (non-hydrogen) atoms. The molecule has 1 aromatic carbocycles. The van der Waals surface area contributed by atoms with E-state index in [-0.39, 0.29) is 11.6 Å². The minimum absolute atomic E-state index is 0.0187. The molecule has 1 aliphatic rings. The third kappa shape index (κ3) is 4.50. The Balaban J connectivity index is 1.78. The molecule has 0 bridgehead atoms. The van der Waals surface area contributed by atoms with E-state index in [1.165, 1.54) is 6.42 Å². The first kappa shape index (κ1) is 19.4. The highest BCUT2D eigenvalue weighted by molar-refractivity contribution is 6.00. The maximum Gasteiger partial charge on any atom is 0.319 e. The highest BCUT2D eigenvalue weighted by Gasteiger charge is 2.23. The van der Waals surface area contributed by atoms with E-state index in [2.05, 4.69) is 36.3 Å². The summed E-state index contributed by atoms with van der Waals surface area (Å²) >= 11 is 0. The number of likely N-dealkylation sites (tertiary alicyclic amines) is 1. The van der Waals surface area contributed by atoms with E-state index in [4.69, 9.17) is 0 Å². The Hall–Kier alpha value is -2.34. The Morgan fingerprint density at radius 3 is 2.70 bits per heavy atom. The molecule has 2 N–H and O–H groups in total. The number of pyridine rings is 1. The molecular formula is C21H30N4O2. The zero-order chi connectivity index (χ0) is 19.4. The first-order valence-electron chi connectivity index (χ1n) is 9.90. The molecule has 0 radical (unpaired) electrons. The van der Waals surface area contributed by atoms with E-state index < -0.39 is 0 Å². The van der Waals surface area contributed by atoms with Gasteiger partial charge in [0.05, 0.1) is 5.69 Å². The molecule has 146 valence electrons. The second kappa shape index (κ2) is 8.57. The summed E-state index contributed by atoms with van der Waals surface area (Å²) in [6, 6.07) is 7.62. The summed E-state index contributed by atoms with van der Waals surface area (Å²) in [5.41, 5.74) is 0.650. The van der Waals surface area contributed by atoms with Crippen LogP contribution >= 0.6 is 0 Å². The maximum absolute atomic E-state index is 12.7. The van der Waals surface area contributed by atoms with Gasteiger partial charge in [0, 0.05) is 36.1 Å². The Morgan fingerprint density at radius 2 is 2.00 bits per heavy atom. The Morgan fingerprint density at radius 1 is 1.26 bits per heavy atom. The number of rotatable bonds is 6. The smallest absolute Gasteiger partial charge is 0.319 e. The van der Waals surface area contributed by atoms with Crippen LogP contribution in [-0.2, 0) is 6.54 Å². The normalized spacial score (nSPS) is 17.6. The van der Waals surface area contributed by atoms with Crippen molar-refractivity contribution in [1.29, 1.82) is 0 Å². The molecule has 0 aliphatic carbocycles. The number of likely N-dealkylation sites (N-methyl/N-ethyl adjacent to an activating group) is 1. The lowest BCUT2D eigenvalue weighted by molar-refractivity contribution is 0.238. The third-order valence-electron chi connectivity index (χ3n) is 5.21. The number of carbonyl (C=O) groups excluding carboxylic acids is 1. The van der Waals surface area contributed by atoms with Crippen molar-refractivity contribution in [2.24, 2.45) is 5.92 Å². The first-order valence-corrected chi connectivity index (χ1v) is 9.90. The second-order valence-corrected chi connectivity index (χ2v) is 7.70. The lowest BCUT2D eigenvalue weighted by Crippen LogP contribution is -2.41. The zero-order valence-electron chi connectivity index (χ0n) is 16.5. The highest BCUT2D eigenvalue weighted by atomic mass is 16.2. The van der Waals surface area contributed by atoms with E-state index in [0.717, 1.165) is 24.9 Å². The van der Waals surface area contributed by atoms with Crippen molar-refractivity contribution in [3.63, 3.8) is 0 Å². The molecule has 2 aromatic rings. The van der Waals surface area contributed by atoms with Crippen molar-refractivity contribution in [1.82, 2.24) is 14.8 Å². The predicted molar refractivity (Wildman–Crippen MR) is 110 cm³/mol. The zero-order valence-corrected chi connectivity index (χ0v) is 16.5. The lowest BCUT2D eigenvalue weighted by Gasteiger charge is -2.23. The molecule has 2 heterocycles.